The van der Waals surface area contributed by atoms with Crippen LogP contribution in [0.25, 0.3) is 0 Å². The summed E-state index contributed by atoms with van der Waals surface area (Å²) in [5, 5.41) is 18.9. The van der Waals surface area contributed by atoms with Crippen LogP contribution in [0.2, 0.25) is 0 Å². The molecule has 104 valence electrons. The molecule has 0 aromatic heterocycles. The molecule has 5 nitrogen and oxygen atoms in total. The molecule has 0 unspecified atom stereocenters. The van der Waals surface area contributed by atoms with E-state index in [0.29, 0.717) is 17.1 Å². The van der Waals surface area contributed by atoms with Crippen molar-refractivity contribution in [2.45, 2.75) is 0 Å². The van der Waals surface area contributed by atoms with Gasteiger partial charge >= 0.3 is 0 Å². The van der Waals surface area contributed by atoms with E-state index in [1.807, 2.05) is 0 Å². The van der Waals surface area contributed by atoms with Gasteiger partial charge in [-0.05, 0) is 30.3 Å². The third-order valence-corrected chi connectivity index (χ3v) is 2.87. The minimum Gasteiger partial charge on any atom is -0.508 e. The lowest BCUT2D eigenvalue weighted by Crippen LogP contribution is -2.02. The molecule has 0 saturated heterocycles. The van der Waals surface area contributed by atoms with E-state index in [0.717, 1.165) is 6.07 Å². The second-order valence-corrected chi connectivity index (χ2v) is 4.10. The molecule has 0 amide bonds. The smallest absolute Gasteiger partial charge is 0.196 e. The molecule has 5 heteroatoms. The third-order valence-electron chi connectivity index (χ3n) is 2.87. The average molecular weight is 274 g/mol. The Morgan fingerprint density at radius 1 is 0.950 bits per heavy atom. The van der Waals surface area contributed by atoms with Gasteiger partial charge in [-0.3, -0.25) is 4.79 Å². The number of ketones is 1. The number of hydrogen-bond donors (Lipinski definition) is 2. The van der Waals surface area contributed by atoms with Crippen molar-refractivity contribution in [3.63, 3.8) is 0 Å². The average Bonchev–Trinajstić information content (AvgIpc) is 2.45. The number of phenolic OH excluding ortho intramolecular Hbond substituents is 2. The highest BCUT2D eigenvalue weighted by molar-refractivity contribution is 6.11. The van der Waals surface area contributed by atoms with Crippen molar-refractivity contribution < 1.29 is 24.5 Å². The van der Waals surface area contributed by atoms with E-state index in [1.165, 1.54) is 32.4 Å². The summed E-state index contributed by atoms with van der Waals surface area (Å²) in [5.41, 5.74) is 0.457. The molecule has 0 aliphatic rings. The molecule has 0 saturated carbocycles. The quantitative estimate of drug-likeness (QED) is 0.837. The van der Waals surface area contributed by atoms with Crippen molar-refractivity contribution in [1.29, 1.82) is 0 Å². The Bertz CT molecular complexity index is 649. The molecule has 2 N–H and O–H groups in total. The zero-order valence-corrected chi connectivity index (χ0v) is 11.1. The molecule has 0 aliphatic carbocycles. The number of benzene rings is 2. The maximum Gasteiger partial charge on any atom is 0.196 e. The largest absolute Gasteiger partial charge is 0.508 e. The van der Waals surface area contributed by atoms with Gasteiger partial charge in [0.15, 0.2) is 17.3 Å². The number of ether oxygens (including phenoxy) is 2. The van der Waals surface area contributed by atoms with Crippen LogP contribution >= 0.6 is 0 Å². The predicted molar refractivity (Wildman–Crippen MR) is 72.8 cm³/mol. The Morgan fingerprint density at radius 3 is 2.25 bits per heavy atom. The maximum absolute atomic E-state index is 12.3. The second kappa shape index (κ2) is 5.52. The third kappa shape index (κ3) is 2.51. The van der Waals surface area contributed by atoms with E-state index in [9.17, 15) is 15.0 Å². The molecule has 20 heavy (non-hydrogen) atoms. The molecule has 2 aromatic carbocycles. The molecular formula is C15H14O5. The molecular weight excluding hydrogens is 260 g/mol. The summed E-state index contributed by atoms with van der Waals surface area (Å²) >= 11 is 0. The summed E-state index contributed by atoms with van der Waals surface area (Å²) in [6.07, 6.45) is 0. The first-order valence-corrected chi connectivity index (χ1v) is 5.85. The van der Waals surface area contributed by atoms with Crippen molar-refractivity contribution in [1.82, 2.24) is 0 Å². The lowest BCUT2D eigenvalue weighted by atomic mass is 10.0. The zero-order valence-electron chi connectivity index (χ0n) is 11.1. The van der Waals surface area contributed by atoms with Gasteiger partial charge in [-0.2, -0.15) is 0 Å². The second-order valence-electron chi connectivity index (χ2n) is 4.10. The van der Waals surface area contributed by atoms with Crippen LogP contribution in [-0.4, -0.2) is 30.2 Å². The van der Waals surface area contributed by atoms with Gasteiger partial charge in [-0.25, -0.2) is 0 Å². The fourth-order valence-electron chi connectivity index (χ4n) is 1.85. The van der Waals surface area contributed by atoms with E-state index in [4.69, 9.17) is 9.47 Å². The van der Waals surface area contributed by atoms with Crippen molar-refractivity contribution in [2.24, 2.45) is 0 Å². The first kappa shape index (κ1) is 13.7. The molecule has 0 bridgehead atoms. The standard InChI is InChI=1S/C15H14O5/c1-19-13-6-3-9(7-14(13)20-2)15(18)11-5-4-10(16)8-12(11)17/h3-8,16-17H,1-2H3. The summed E-state index contributed by atoms with van der Waals surface area (Å²) < 4.78 is 10.2. The van der Waals surface area contributed by atoms with Crippen LogP contribution in [0.15, 0.2) is 36.4 Å². The minimum atomic E-state index is -0.372. The van der Waals surface area contributed by atoms with Gasteiger partial charge in [-0.1, -0.05) is 0 Å². The van der Waals surface area contributed by atoms with Crippen LogP contribution in [0, 0.1) is 0 Å². The molecule has 0 heterocycles. The lowest BCUT2D eigenvalue weighted by Gasteiger charge is -2.09. The first-order chi connectivity index (χ1) is 9.56. The van der Waals surface area contributed by atoms with Gasteiger partial charge < -0.3 is 19.7 Å². The van der Waals surface area contributed by atoms with E-state index >= 15 is 0 Å². The number of rotatable bonds is 4. The summed E-state index contributed by atoms with van der Waals surface area (Å²) in [7, 11) is 2.98. The van der Waals surface area contributed by atoms with Crippen LogP contribution in [0.5, 0.6) is 23.0 Å². The molecule has 0 atom stereocenters. The SMILES string of the molecule is COc1ccc(C(=O)c2ccc(O)cc2O)cc1OC. The van der Waals surface area contributed by atoms with Gasteiger partial charge in [0.05, 0.1) is 19.8 Å². The zero-order chi connectivity index (χ0) is 14.7. The molecule has 0 aliphatic heterocycles. The monoisotopic (exact) mass is 274 g/mol. The number of carbonyl (C=O) groups excluding carboxylic acids is 1. The van der Waals surface area contributed by atoms with Gasteiger partial charge in [0.1, 0.15) is 11.5 Å². The highest BCUT2D eigenvalue weighted by atomic mass is 16.5. The summed E-state index contributed by atoms with van der Waals surface area (Å²) in [6.45, 7) is 0. The summed E-state index contributed by atoms with van der Waals surface area (Å²) in [5.74, 6) is 0.190. The Morgan fingerprint density at radius 2 is 1.65 bits per heavy atom. The molecule has 0 fully saturated rings. The topological polar surface area (TPSA) is 76.0 Å². The minimum absolute atomic E-state index is 0.105. The highest BCUT2D eigenvalue weighted by Gasteiger charge is 2.16. The van der Waals surface area contributed by atoms with Gasteiger partial charge in [0.25, 0.3) is 0 Å². The normalized spacial score (nSPS) is 10.1. The van der Waals surface area contributed by atoms with Crippen molar-refractivity contribution >= 4 is 5.78 Å². The van der Waals surface area contributed by atoms with Crippen molar-refractivity contribution in [3.8, 4) is 23.0 Å². The molecule has 2 aromatic rings. The molecule has 0 radical (unpaired) electrons. The van der Waals surface area contributed by atoms with E-state index in [1.54, 1.807) is 12.1 Å². The van der Waals surface area contributed by atoms with E-state index < -0.39 is 0 Å². The molecule has 0 spiro atoms. The Labute approximate surface area is 116 Å². The van der Waals surface area contributed by atoms with E-state index in [-0.39, 0.29) is 22.8 Å². The number of aromatic hydroxyl groups is 2. The van der Waals surface area contributed by atoms with Gasteiger partial charge in [0, 0.05) is 11.6 Å². The highest BCUT2D eigenvalue weighted by Crippen LogP contribution is 2.30. The van der Waals surface area contributed by atoms with Crippen LogP contribution in [0.1, 0.15) is 15.9 Å². The number of hydrogen-bond acceptors (Lipinski definition) is 5. The van der Waals surface area contributed by atoms with Crippen LogP contribution < -0.4 is 9.47 Å². The maximum atomic E-state index is 12.3. The van der Waals surface area contributed by atoms with Gasteiger partial charge in [0.2, 0.25) is 0 Å². The Kier molecular flexibility index (Phi) is 3.79. The van der Waals surface area contributed by atoms with Crippen LogP contribution in [0.4, 0.5) is 0 Å². The van der Waals surface area contributed by atoms with Crippen LogP contribution in [0.3, 0.4) is 0 Å². The Hall–Kier alpha value is -2.69. The number of methoxy groups -OCH3 is 2. The van der Waals surface area contributed by atoms with Crippen LogP contribution in [-0.2, 0) is 0 Å². The number of phenols is 2. The van der Waals surface area contributed by atoms with Gasteiger partial charge in [-0.15, -0.1) is 0 Å². The number of carbonyl (C=O) groups is 1. The summed E-state index contributed by atoms with van der Waals surface area (Å²) in [6, 6.07) is 8.55. The summed E-state index contributed by atoms with van der Waals surface area (Å²) in [4.78, 5) is 12.3. The predicted octanol–water partition coefficient (Wildman–Crippen LogP) is 2.35. The first-order valence-electron chi connectivity index (χ1n) is 5.85. The van der Waals surface area contributed by atoms with Crippen molar-refractivity contribution in [2.75, 3.05) is 14.2 Å². The Balaban J connectivity index is 2.43. The van der Waals surface area contributed by atoms with E-state index in [2.05, 4.69) is 0 Å². The fraction of sp³-hybridized carbons (Fsp3) is 0.133. The fourth-order valence-corrected chi connectivity index (χ4v) is 1.85. The molecule has 2 rings (SSSR count). The van der Waals surface area contributed by atoms with Crippen molar-refractivity contribution in [3.05, 3.63) is 47.5 Å². The lowest BCUT2D eigenvalue weighted by molar-refractivity contribution is 0.103.